The van der Waals surface area contributed by atoms with Crippen LogP contribution in [0.1, 0.15) is 19.8 Å². The first-order chi connectivity index (χ1) is 9.56. The summed E-state index contributed by atoms with van der Waals surface area (Å²) in [7, 11) is 4.06. The largest absolute Gasteiger partial charge is 0.487 e. The molecule has 0 spiro atoms. The molecule has 0 aliphatic carbocycles. The van der Waals surface area contributed by atoms with Gasteiger partial charge in [-0.05, 0) is 52.5 Å². The van der Waals surface area contributed by atoms with E-state index in [9.17, 15) is 10.1 Å². The summed E-state index contributed by atoms with van der Waals surface area (Å²) in [6.45, 7) is 3.95. The van der Waals surface area contributed by atoms with Gasteiger partial charge in [0, 0.05) is 6.54 Å². The van der Waals surface area contributed by atoms with Crippen LogP contribution in [-0.2, 0) is 0 Å². The van der Waals surface area contributed by atoms with Gasteiger partial charge in [0.2, 0.25) is 0 Å². The van der Waals surface area contributed by atoms with Crippen LogP contribution in [0, 0.1) is 10.1 Å². The molecule has 0 aliphatic rings. The fourth-order valence-corrected chi connectivity index (χ4v) is 1.90. The Kier molecular flexibility index (Phi) is 6.79. The normalized spacial score (nSPS) is 10.6. The van der Waals surface area contributed by atoms with Crippen molar-refractivity contribution in [2.75, 3.05) is 39.1 Å². The van der Waals surface area contributed by atoms with Gasteiger partial charge >= 0.3 is 5.69 Å². The third-order valence-electron chi connectivity index (χ3n) is 2.83. The topological polar surface area (TPSA) is 67.6 Å². The smallest absolute Gasteiger partial charge is 0.333 e. The number of anilines is 1. The van der Waals surface area contributed by atoms with Gasteiger partial charge in [-0.25, -0.2) is 0 Å². The first-order valence-electron chi connectivity index (χ1n) is 6.85. The summed E-state index contributed by atoms with van der Waals surface area (Å²) in [5, 5.41) is 14.3. The average Bonchev–Trinajstić information content (AvgIpc) is 2.38. The molecule has 0 atom stereocenters. The van der Waals surface area contributed by atoms with Crippen LogP contribution in [0.25, 0.3) is 0 Å². The van der Waals surface area contributed by atoms with Crippen molar-refractivity contribution in [1.29, 1.82) is 0 Å². The predicted octanol–water partition coefficient (Wildman–Crippen LogP) is 2.75. The minimum Gasteiger partial charge on any atom is -0.487 e. The van der Waals surface area contributed by atoms with Crippen LogP contribution in [0.2, 0.25) is 0 Å². The Morgan fingerprint density at radius 1 is 1.35 bits per heavy atom. The van der Waals surface area contributed by atoms with Crippen molar-refractivity contribution in [1.82, 2.24) is 4.90 Å². The number of ether oxygens (including phenoxy) is 1. The molecule has 0 amide bonds. The first-order valence-corrected chi connectivity index (χ1v) is 6.85. The summed E-state index contributed by atoms with van der Waals surface area (Å²) >= 11 is 0. The molecule has 1 N–H and O–H groups in total. The maximum atomic E-state index is 11.2. The van der Waals surface area contributed by atoms with Crippen molar-refractivity contribution >= 4 is 11.4 Å². The molecule has 1 rings (SSSR count). The monoisotopic (exact) mass is 281 g/mol. The third-order valence-corrected chi connectivity index (χ3v) is 2.83. The molecule has 1 aromatic rings. The molecule has 0 aromatic heterocycles. The Morgan fingerprint density at radius 3 is 2.70 bits per heavy atom. The highest BCUT2D eigenvalue weighted by Gasteiger charge is 2.20. The summed E-state index contributed by atoms with van der Waals surface area (Å²) in [6, 6.07) is 5.10. The summed E-state index contributed by atoms with van der Waals surface area (Å²) in [4.78, 5) is 12.9. The zero-order chi connectivity index (χ0) is 15.0. The number of benzene rings is 1. The molecule has 0 heterocycles. The van der Waals surface area contributed by atoms with E-state index in [1.165, 1.54) is 0 Å². The maximum absolute atomic E-state index is 11.2. The lowest BCUT2D eigenvalue weighted by atomic mass is 10.2. The van der Waals surface area contributed by atoms with Gasteiger partial charge in [0.25, 0.3) is 0 Å². The summed E-state index contributed by atoms with van der Waals surface area (Å²) in [5.41, 5.74) is 0.535. The lowest BCUT2D eigenvalue weighted by Gasteiger charge is -2.11. The number of hydrogen-bond donors (Lipinski definition) is 1. The van der Waals surface area contributed by atoms with E-state index < -0.39 is 4.92 Å². The number of nitrogens with one attached hydrogen (secondary N) is 1. The number of rotatable bonds is 9. The molecule has 1 aromatic carbocycles. The average molecular weight is 281 g/mol. The van der Waals surface area contributed by atoms with Crippen LogP contribution in [0.5, 0.6) is 5.75 Å². The van der Waals surface area contributed by atoms with Crippen molar-refractivity contribution < 1.29 is 9.66 Å². The van der Waals surface area contributed by atoms with Gasteiger partial charge in [0.1, 0.15) is 5.69 Å². The number of nitrogens with zero attached hydrogens (tertiary/aromatic N) is 2. The van der Waals surface area contributed by atoms with Gasteiger partial charge in [-0.15, -0.1) is 0 Å². The standard InChI is InChI=1S/C14H23N3O3/c1-4-20-13-9-7-8-12(14(13)17(18)19)15-10-5-6-11-16(2)3/h7-9,15H,4-6,10-11H2,1-3H3. The van der Waals surface area contributed by atoms with Gasteiger partial charge in [0.05, 0.1) is 11.5 Å². The van der Waals surface area contributed by atoms with E-state index in [1.807, 2.05) is 21.0 Å². The Balaban J connectivity index is 2.64. The van der Waals surface area contributed by atoms with E-state index in [0.29, 0.717) is 24.6 Å². The number of hydrogen-bond acceptors (Lipinski definition) is 5. The van der Waals surface area contributed by atoms with Gasteiger partial charge < -0.3 is 15.0 Å². The summed E-state index contributed by atoms with van der Waals surface area (Å²) in [5.74, 6) is 0.316. The van der Waals surface area contributed by atoms with E-state index in [1.54, 1.807) is 18.2 Å². The molecule has 0 unspecified atom stereocenters. The molecule has 0 saturated heterocycles. The minimum atomic E-state index is -0.396. The molecule has 6 nitrogen and oxygen atoms in total. The number of nitro benzene ring substituents is 1. The van der Waals surface area contributed by atoms with Crippen LogP contribution >= 0.6 is 0 Å². The second kappa shape index (κ2) is 8.37. The minimum absolute atomic E-state index is 0.0157. The van der Waals surface area contributed by atoms with E-state index >= 15 is 0 Å². The fourth-order valence-electron chi connectivity index (χ4n) is 1.90. The highest BCUT2D eigenvalue weighted by molar-refractivity contribution is 5.68. The molecular formula is C14H23N3O3. The van der Waals surface area contributed by atoms with Crippen LogP contribution in [0.3, 0.4) is 0 Å². The molecule has 112 valence electrons. The van der Waals surface area contributed by atoms with Crippen LogP contribution < -0.4 is 10.1 Å². The second-order valence-electron chi connectivity index (χ2n) is 4.78. The Morgan fingerprint density at radius 2 is 2.10 bits per heavy atom. The zero-order valence-electron chi connectivity index (χ0n) is 12.4. The van der Waals surface area contributed by atoms with Crippen molar-refractivity contribution in [3.8, 4) is 5.75 Å². The van der Waals surface area contributed by atoms with Gasteiger partial charge in [-0.1, -0.05) is 6.07 Å². The van der Waals surface area contributed by atoms with Crippen molar-refractivity contribution in [2.24, 2.45) is 0 Å². The van der Waals surface area contributed by atoms with Gasteiger partial charge in [-0.2, -0.15) is 0 Å². The zero-order valence-corrected chi connectivity index (χ0v) is 12.4. The van der Waals surface area contributed by atoms with E-state index in [2.05, 4.69) is 10.2 Å². The molecule has 0 saturated carbocycles. The molecule has 0 radical (unpaired) electrons. The Labute approximate surface area is 119 Å². The maximum Gasteiger partial charge on any atom is 0.333 e. The lowest BCUT2D eigenvalue weighted by molar-refractivity contribution is -0.384. The quantitative estimate of drug-likeness (QED) is 0.428. The van der Waals surface area contributed by atoms with Crippen molar-refractivity contribution in [2.45, 2.75) is 19.8 Å². The van der Waals surface area contributed by atoms with Gasteiger partial charge in [0.15, 0.2) is 5.75 Å². The van der Waals surface area contributed by atoms with Crippen molar-refractivity contribution in [3.05, 3.63) is 28.3 Å². The van der Waals surface area contributed by atoms with Crippen LogP contribution in [-0.4, -0.2) is 43.6 Å². The SMILES string of the molecule is CCOc1cccc(NCCCCN(C)C)c1[N+](=O)[O-]. The molecule has 0 aliphatic heterocycles. The van der Waals surface area contributed by atoms with Crippen LogP contribution in [0.4, 0.5) is 11.4 Å². The molecule has 6 heteroatoms. The van der Waals surface area contributed by atoms with Crippen LogP contribution in [0.15, 0.2) is 18.2 Å². The fraction of sp³-hybridized carbons (Fsp3) is 0.571. The van der Waals surface area contributed by atoms with E-state index in [-0.39, 0.29) is 5.69 Å². The first kappa shape index (κ1) is 16.2. The number of para-hydroxylation sites is 1. The molecule has 20 heavy (non-hydrogen) atoms. The predicted molar refractivity (Wildman–Crippen MR) is 80.5 cm³/mol. The van der Waals surface area contributed by atoms with Crippen molar-refractivity contribution in [3.63, 3.8) is 0 Å². The highest BCUT2D eigenvalue weighted by atomic mass is 16.6. The van der Waals surface area contributed by atoms with E-state index in [4.69, 9.17) is 4.74 Å². The molecule has 0 bridgehead atoms. The summed E-state index contributed by atoms with van der Waals surface area (Å²) in [6.07, 6.45) is 2.02. The third kappa shape index (κ3) is 5.05. The second-order valence-corrected chi connectivity index (χ2v) is 4.78. The number of nitro groups is 1. The molecule has 0 fully saturated rings. The molecular weight excluding hydrogens is 258 g/mol. The highest BCUT2D eigenvalue weighted by Crippen LogP contribution is 2.34. The van der Waals surface area contributed by atoms with Gasteiger partial charge in [-0.3, -0.25) is 10.1 Å². The Bertz CT molecular complexity index is 436. The van der Waals surface area contributed by atoms with E-state index in [0.717, 1.165) is 19.4 Å². The lowest BCUT2D eigenvalue weighted by Crippen LogP contribution is -2.14. The number of unbranched alkanes of at least 4 members (excludes halogenated alkanes) is 1. The Hall–Kier alpha value is -1.82. The summed E-state index contributed by atoms with van der Waals surface area (Å²) < 4.78 is 5.31.